The normalized spacial score (nSPS) is 11.4. The van der Waals surface area contributed by atoms with Crippen molar-refractivity contribution in [3.8, 4) is 0 Å². The molecule has 3 aromatic heterocycles. The van der Waals surface area contributed by atoms with E-state index in [1.807, 2.05) is 11.6 Å². The van der Waals surface area contributed by atoms with Crippen molar-refractivity contribution >= 4 is 43.6 Å². The van der Waals surface area contributed by atoms with Crippen LogP contribution in [-0.4, -0.2) is 9.38 Å². The summed E-state index contributed by atoms with van der Waals surface area (Å²) in [5.41, 5.74) is 1.09. The highest BCUT2D eigenvalue weighted by molar-refractivity contribution is 9.11. The van der Waals surface area contributed by atoms with Crippen LogP contribution in [0.15, 0.2) is 33.7 Å². The molecule has 0 atom stereocenters. The summed E-state index contributed by atoms with van der Waals surface area (Å²) < 4.78 is 3.24. The number of thiophene rings is 1. The van der Waals surface area contributed by atoms with Gasteiger partial charge in [0, 0.05) is 35.7 Å². The molecule has 0 saturated carbocycles. The number of hydrogen-bond acceptors (Lipinski definition) is 4. The van der Waals surface area contributed by atoms with Crippen molar-refractivity contribution in [2.24, 2.45) is 0 Å². The highest BCUT2D eigenvalue weighted by atomic mass is 79.9. The maximum absolute atomic E-state index is 4.52. The van der Waals surface area contributed by atoms with E-state index in [9.17, 15) is 0 Å². The van der Waals surface area contributed by atoms with Crippen molar-refractivity contribution in [3.05, 3.63) is 44.3 Å². The van der Waals surface area contributed by atoms with Crippen molar-refractivity contribution < 1.29 is 0 Å². The van der Waals surface area contributed by atoms with Gasteiger partial charge < -0.3 is 5.32 Å². The summed E-state index contributed by atoms with van der Waals surface area (Å²) in [7, 11) is 0. The van der Waals surface area contributed by atoms with E-state index in [0.29, 0.717) is 0 Å². The molecule has 0 unspecified atom stereocenters. The predicted octanol–water partition coefficient (Wildman–Crippen LogP) is 3.51. The van der Waals surface area contributed by atoms with E-state index in [-0.39, 0.29) is 0 Å². The van der Waals surface area contributed by atoms with E-state index < -0.39 is 0 Å². The van der Waals surface area contributed by atoms with Crippen molar-refractivity contribution in [2.75, 3.05) is 0 Å². The molecule has 3 heterocycles. The van der Waals surface area contributed by atoms with Crippen LogP contribution in [0.3, 0.4) is 0 Å². The predicted molar refractivity (Wildman–Crippen MR) is 75.6 cm³/mol. The number of hydrogen-bond donors (Lipinski definition) is 1. The number of rotatable bonds is 4. The van der Waals surface area contributed by atoms with Gasteiger partial charge in [-0.25, -0.2) is 4.98 Å². The highest BCUT2D eigenvalue weighted by Gasteiger charge is 2.02. The second kappa shape index (κ2) is 4.89. The Morgan fingerprint density at radius 3 is 3.06 bits per heavy atom. The van der Waals surface area contributed by atoms with Crippen molar-refractivity contribution in [3.63, 3.8) is 0 Å². The fourth-order valence-electron chi connectivity index (χ4n) is 1.62. The quantitative estimate of drug-likeness (QED) is 0.794. The Hall–Kier alpha value is -0.690. The minimum absolute atomic E-state index is 0.809. The van der Waals surface area contributed by atoms with Gasteiger partial charge in [-0.2, -0.15) is 0 Å². The number of halogens is 1. The van der Waals surface area contributed by atoms with Crippen LogP contribution in [0.4, 0.5) is 0 Å². The van der Waals surface area contributed by atoms with E-state index >= 15 is 0 Å². The zero-order chi connectivity index (χ0) is 11.7. The minimum Gasteiger partial charge on any atom is -0.306 e. The van der Waals surface area contributed by atoms with Crippen molar-refractivity contribution in [1.82, 2.24) is 14.7 Å². The maximum atomic E-state index is 4.52. The Morgan fingerprint density at radius 1 is 1.35 bits per heavy atom. The lowest BCUT2D eigenvalue weighted by molar-refractivity contribution is 0.690. The first kappa shape index (κ1) is 11.4. The molecule has 0 amide bonds. The lowest BCUT2D eigenvalue weighted by atomic mass is 10.4. The van der Waals surface area contributed by atoms with Crippen molar-refractivity contribution in [2.45, 2.75) is 13.1 Å². The third kappa shape index (κ3) is 2.60. The molecule has 0 spiro atoms. The topological polar surface area (TPSA) is 29.3 Å². The molecular weight excluding hydrogens is 318 g/mol. The van der Waals surface area contributed by atoms with Crippen LogP contribution in [0.1, 0.15) is 10.6 Å². The Balaban J connectivity index is 1.59. The van der Waals surface area contributed by atoms with Gasteiger partial charge in [-0.15, -0.1) is 22.7 Å². The molecule has 0 radical (unpaired) electrons. The van der Waals surface area contributed by atoms with Crippen LogP contribution in [0.25, 0.3) is 4.96 Å². The zero-order valence-electron chi connectivity index (χ0n) is 8.89. The number of nitrogens with one attached hydrogen (secondary N) is 1. The lowest BCUT2D eigenvalue weighted by Gasteiger charge is -1.99. The summed E-state index contributed by atoms with van der Waals surface area (Å²) >= 11 is 6.88. The Kier molecular flexibility index (Phi) is 3.28. The van der Waals surface area contributed by atoms with Crippen molar-refractivity contribution in [1.29, 1.82) is 0 Å². The molecule has 3 rings (SSSR count). The van der Waals surface area contributed by atoms with Gasteiger partial charge in [-0.1, -0.05) is 0 Å². The summed E-state index contributed by atoms with van der Waals surface area (Å²) in [6.07, 6.45) is 4.11. The lowest BCUT2D eigenvalue weighted by Crippen LogP contribution is -2.11. The molecule has 0 aliphatic heterocycles. The summed E-state index contributed by atoms with van der Waals surface area (Å²) in [5.74, 6) is 0. The van der Waals surface area contributed by atoms with Crippen LogP contribution in [0, 0.1) is 0 Å². The molecule has 0 aliphatic carbocycles. The van der Waals surface area contributed by atoms with Gasteiger partial charge in [-0.05, 0) is 28.1 Å². The standard InChI is InChI=1S/C11H10BrN3S2/c12-10-2-1-9(17-10)6-13-5-8-7-15-3-4-16-11(15)14-8/h1-4,7,13H,5-6H2. The van der Waals surface area contributed by atoms with Gasteiger partial charge in [-0.3, -0.25) is 4.40 Å². The van der Waals surface area contributed by atoms with Crippen LogP contribution < -0.4 is 5.32 Å². The highest BCUT2D eigenvalue weighted by Crippen LogP contribution is 2.21. The molecule has 88 valence electrons. The fourth-order valence-corrected chi connectivity index (χ4v) is 3.79. The van der Waals surface area contributed by atoms with Gasteiger partial charge in [0.25, 0.3) is 0 Å². The summed E-state index contributed by atoms with van der Waals surface area (Å²) in [6.45, 7) is 1.70. The first-order valence-corrected chi connectivity index (χ1v) is 7.66. The number of imidazole rings is 1. The molecule has 0 fully saturated rings. The van der Waals surface area contributed by atoms with Crippen LogP contribution in [0.2, 0.25) is 0 Å². The maximum Gasteiger partial charge on any atom is 0.193 e. The average Bonchev–Trinajstić information content (AvgIpc) is 2.94. The molecule has 0 aromatic carbocycles. The van der Waals surface area contributed by atoms with Gasteiger partial charge in [0.15, 0.2) is 4.96 Å². The Morgan fingerprint density at radius 2 is 2.29 bits per heavy atom. The summed E-state index contributed by atoms with van der Waals surface area (Å²) in [6, 6.07) is 4.21. The smallest absolute Gasteiger partial charge is 0.193 e. The van der Waals surface area contributed by atoms with E-state index in [2.05, 4.69) is 49.0 Å². The molecule has 6 heteroatoms. The minimum atomic E-state index is 0.809. The Bertz CT molecular complexity index is 597. The fraction of sp³-hybridized carbons (Fsp3) is 0.182. The third-order valence-corrected chi connectivity index (χ3v) is 4.77. The molecule has 1 N–H and O–H groups in total. The number of fused-ring (bicyclic) bond motifs is 1. The van der Waals surface area contributed by atoms with Gasteiger partial charge >= 0.3 is 0 Å². The first-order valence-electron chi connectivity index (χ1n) is 5.17. The van der Waals surface area contributed by atoms with Gasteiger partial charge in [0.05, 0.1) is 9.48 Å². The SMILES string of the molecule is Brc1ccc(CNCc2cn3ccsc3n2)s1. The first-order chi connectivity index (χ1) is 8.31. The molecular formula is C11H10BrN3S2. The molecule has 0 bridgehead atoms. The molecule has 17 heavy (non-hydrogen) atoms. The molecule has 0 aliphatic rings. The molecule has 0 saturated heterocycles. The molecule has 3 nitrogen and oxygen atoms in total. The van der Waals surface area contributed by atoms with Gasteiger partial charge in [0.1, 0.15) is 0 Å². The van der Waals surface area contributed by atoms with Crippen LogP contribution in [0.5, 0.6) is 0 Å². The number of aromatic nitrogens is 2. The summed E-state index contributed by atoms with van der Waals surface area (Å²) in [5, 5.41) is 5.44. The number of thiazole rings is 1. The van der Waals surface area contributed by atoms with Crippen LogP contribution in [-0.2, 0) is 13.1 Å². The number of nitrogens with zero attached hydrogens (tertiary/aromatic N) is 2. The second-order valence-corrected chi connectivity index (χ2v) is 7.06. The Labute approximate surface area is 115 Å². The van der Waals surface area contributed by atoms with E-state index in [1.165, 1.54) is 8.66 Å². The summed E-state index contributed by atoms with van der Waals surface area (Å²) in [4.78, 5) is 6.91. The zero-order valence-corrected chi connectivity index (χ0v) is 12.1. The van der Waals surface area contributed by atoms with Gasteiger partial charge in [0.2, 0.25) is 0 Å². The second-order valence-electron chi connectivity index (χ2n) is 3.63. The van der Waals surface area contributed by atoms with E-state index in [0.717, 1.165) is 23.7 Å². The van der Waals surface area contributed by atoms with Crippen LogP contribution >= 0.6 is 38.6 Å². The molecule has 3 aromatic rings. The average molecular weight is 328 g/mol. The largest absolute Gasteiger partial charge is 0.306 e. The van der Waals surface area contributed by atoms with E-state index in [4.69, 9.17) is 0 Å². The monoisotopic (exact) mass is 327 g/mol. The van der Waals surface area contributed by atoms with E-state index in [1.54, 1.807) is 22.7 Å². The third-order valence-electron chi connectivity index (χ3n) is 2.38.